The van der Waals surface area contributed by atoms with Crippen LogP contribution in [-0.4, -0.2) is 35.8 Å². The summed E-state index contributed by atoms with van der Waals surface area (Å²) < 4.78 is 10.8. The quantitative estimate of drug-likeness (QED) is 0.284. The van der Waals surface area contributed by atoms with Crippen molar-refractivity contribution in [3.63, 3.8) is 0 Å². The Morgan fingerprint density at radius 2 is 1.77 bits per heavy atom. The number of thiazole rings is 1. The second kappa shape index (κ2) is 11.1. The molecule has 40 heavy (non-hydrogen) atoms. The van der Waals surface area contributed by atoms with Gasteiger partial charge in [0.05, 0.1) is 28.5 Å². The smallest absolute Gasteiger partial charge is 0.338 e. The monoisotopic (exact) mass is 618 g/mol. The van der Waals surface area contributed by atoms with Crippen LogP contribution in [0.2, 0.25) is 0 Å². The highest BCUT2D eigenvalue weighted by Crippen LogP contribution is 2.31. The van der Waals surface area contributed by atoms with E-state index in [0.29, 0.717) is 20.6 Å². The van der Waals surface area contributed by atoms with Crippen LogP contribution in [0.15, 0.2) is 80.1 Å². The molecule has 4 aromatic rings. The summed E-state index contributed by atoms with van der Waals surface area (Å²) in [6, 6.07) is 17.5. The van der Waals surface area contributed by atoms with E-state index in [2.05, 4.69) is 52.5 Å². The number of rotatable bonds is 6. The van der Waals surface area contributed by atoms with Crippen molar-refractivity contribution in [2.45, 2.75) is 33.7 Å². The third-order valence-electron chi connectivity index (χ3n) is 7.08. The van der Waals surface area contributed by atoms with Crippen molar-refractivity contribution in [1.82, 2.24) is 9.13 Å². The van der Waals surface area contributed by atoms with E-state index in [9.17, 15) is 9.59 Å². The van der Waals surface area contributed by atoms with Gasteiger partial charge in [-0.15, -0.1) is 0 Å². The molecule has 0 bridgehead atoms. The van der Waals surface area contributed by atoms with Gasteiger partial charge < -0.3 is 14.2 Å². The zero-order valence-corrected chi connectivity index (χ0v) is 25.8. The number of ether oxygens (including phenoxy) is 1. The highest BCUT2D eigenvalue weighted by Gasteiger charge is 2.33. The second-order valence-corrected chi connectivity index (χ2v) is 11.9. The SMILES string of the molecule is CCOC(=O)C1=C(C)N=c2sc(=Cc3cc(C)n(-c4ccc(Br)cc4)c3C)c(=O)n2[C@@H]1c1ccc(N(C)C)cc1. The fourth-order valence-corrected chi connectivity index (χ4v) is 6.43. The minimum Gasteiger partial charge on any atom is -0.463 e. The van der Waals surface area contributed by atoms with Crippen LogP contribution in [-0.2, 0) is 9.53 Å². The van der Waals surface area contributed by atoms with Gasteiger partial charge in [0.1, 0.15) is 0 Å². The van der Waals surface area contributed by atoms with Crippen molar-refractivity contribution in [3.8, 4) is 5.69 Å². The Bertz CT molecular complexity index is 1810. The second-order valence-electron chi connectivity index (χ2n) is 9.93. The number of carbonyl (C=O) groups is 1. The van der Waals surface area contributed by atoms with E-state index in [4.69, 9.17) is 9.73 Å². The van der Waals surface area contributed by atoms with E-state index in [-0.39, 0.29) is 12.2 Å². The molecule has 1 atom stereocenters. The van der Waals surface area contributed by atoms with Crippen molar-refractivity contribution in [1.29, 1.82) is 0 Å². The summed E-state index contributed by atoms with van der Waals surface area (Å²) in [6.07, 6.45) is 1.93. The Labute approximate surface area is 245 Å². The summed E-state index contributed by atoms with van der Waals surface area (Å²) in [5, 5.41) is 0. The molecular formula is C31H31BrN4O3S. The molecule has 9 heteroatoms. The lowest BCUT2D eigenvalue weighted by atomic mass is 9.95. The number of anilines is 1. The lowest BCUT2D eigenvalue weighted by Gasteiger charge is -2.25. The molecule has 206 valence electrons. The minimum absolute atomic E-state index is 0.187. The lowest BCUT2D eigenvalue weighted by Crippen LogP contribution is -2.40. The predicted octanol–water partition coefficient (Wildman–Crippen LogP) is 5.03. The Morgan fingerprint density at radius 3 is 2.40 bits per heavy atom. The van der Waals surface area contributed by atoms with Crippen LogP contribution in [0.4, 0.5) is 5.69 Å². The van der Waals surface area contributed by atoms with Crippen LogP contribution in [0.3, 0.4) is 0 Å². The van der Waals surface area contributed by atoms with E-state index in [1.165, 1.54) is 11.3 Å². The van der Waals surface area contributed by atoms with Gasteiger partial charge in [0.15, 0.2) is 4.80 Å². The Morgan fingerprint density at radius 1 is 1.10 bits per heavy atom. The maximum atomic E-state index is 14.0. The van der Waals surface area contributed by atoms with Gasteiger partial charge in [0, 0.05) is 41.3 Å². The molecule has 1 aliphatic heterocycles. The number of fused-ring (bicyclic) bond motifs is 1. The average molecular weight is 620 g/mol. The number of nitrogens with zero attached hydrogens (tertiary/aromatic N) is 4. The van der Waals surface area contributed by atoms with Gasteiger partial charge in [-0.1, -0.05) is 39.4 Å². The summed E-state index contributed by atoms with van der Waals surface area (Å²) in [5.41, 5.74) is 6.71. The molecule has 0 spiro atoms. The maximum Gasteiger partial charge on any atom is 0.338 e. The van der Waals surface area contributed by atoms with Gasteiger partial charge in [0.25, 0.3) is 5.56 Å². The van der Waals surface area contributed by atoms with Crippen molar-refractivity contribution in [2.24, 2.45) is 4.99 Å². The molecule has 0 unspecified atom stereocenters. The van der Waals surface area contributed by atoms with E-state index < -0.39 is 12.0 Å². The number of aryl methyl sites for hydroxylation is 1. The number of hydrogen-bond acceptors (Lipinski definition) is 6. The molecular weight excluding hydrogens is 588 g/mol. The molecule has 0 saturated carbocycles. The van der Waals surface area contributed by atoms with Gasteiger partial charge in [-0.25, -0.2) is 9.79 Å². The first-order valence-electron chi connectivity index (χ1n) is 13.0. The number of hydrogen-bond donors (Lipinski definition) is 0. The minimum atomic E-state index is -0.635. The average Bonchev–Trinajstić information content (AvgIpc) is 3.38. The third-order valence-corrected chi connectivity index (χ3v) is 8.60. The Balaban J connectivity index is 1.67. The number of halogens is 1. The molecule has 0 radical (unpaired) electrons. The first kappa shape index (κ1) is 27.9. The molecule has 0 aliphatic carbocycles. The number of aromatic nitrogens is 2. The van der Waals surface area contributed by atoms with E-state index in [0.717, 1.165) is 38.4 Å². The summed E-state index contributed by atoms with van der Waals surface area (Å²) in [7, 11) is 3.94. The highest BCUT2D eigenvalue weighted by molar-refractivity contribution is 9.10. The van der Waals surface area contributed by atoms with Crippen LogP contribution in [0.5, 0.6) is 0 Å². The third kappa shape index (κ3) is 4.99. The molecule has 5 rings (SSSR count). The maximum absolute atomic E-state index is 14.0. The molecule has 0 amide bonds. The van der Waals surface area contributed by atoms with E-state index in [1.807, 2.05) is 61.5 Å². The van der Waals surface area contributed by atoms with Gasteiger partial charge in [-0.05, 0) is 87.4 Å². The first-order valence-corrected chi connectivity index (χ1v) is 14.6. The van der Waals surface area contributed by atoms with Crippen LogP contribution in [0.1, 0.15) is 42.4 Å². The summed E-state index contributed by atoms with van der Waals surface area (Å²) in [5.74, 6) is -0.460. The zero-order chi connectivity index (χ0) is 28.7. The number of esters is 1. The van der Waals surface area contributed by atoms with Crippen molar-refractivity contribution < 1.29 is 9.53 Å². The highest BCUT2D eigenvalue weighted by atomic mass is 79.9. The zero-order valence-electron chi connectivity index (χ0n) is 23.4. The largest absolute Gasteiger partial charge is 0.463 e. The van der Waals surface area contributed by atoms with Crippen molar-refractivity contribution >= 4 is 45.0 Å². The number of allylic oxidation sites excluding steroid dienone is 1. The number of benzene rings is 2. The van der Waals surface area contributed by atoms with Gasteiger partial charge in [-0.3, -0.25) is 9.36 Å². The Kier molecular flexibility index (Phi) is 7.70. The van der Waals surface area contributed by atoms with Gasteiger partial charge in [-0.2, -0.15) is 0 Å². The summed E-state index contributed by atoms with van der Waals surface area (Å²) >= 11 is 4.84. The van der Waals surface area contributed by atoms with Crippen molar-refractivity contribution in [2.75, 3.05) is 25.6 Å². The van der Waals surface area contributed by atoms with Gasteiger partial charge in [0.2, 0.25) is 0 Å². The fourth-order valence-electron chi connectivity index (χ4n) is 5.12. The fraction of sp³-hybridized carbons (Fsp3) is 0.258. The molecule has 2 aromatic carbocycles. The van der Waals surface area contributed by atoms with Crippen molar-refractivity contribution in [3.05, 3.63) is 113 Å². The summed E-state index contributed by atoms with van der Waals surface area (Å²) in [4.78, 5) is 34.4. The molecule has 0 saturated heterocycles. The molecule has 0 fully saturated rings. The van der Waals surface area contributed by atoms with E-state index >= 15 is 0 Å². The molecule has 0 N–H and O–H groups in total. The summed E-state index contributed by atoms with van der Waals surface area (Å²) in [6.45, 7) is 7.92. The molecule has 3 heterocycles. The van der Waals surface area contributed by atoms with Gasteiger partial charge >= 0.3 is 5.97 Å². The molecule has 7 nitrogen and oxygen atoms in total. The van der Waals surface area contributed by atoms with Crippen LogP contribution >= 0.6 is 27.3 Å². The molecule has 2 aromatic heterocycles. The normalized spacial score (nSPS) is 15.2. The van der Waals surface area contributed by atoms with E-state index in [1.54, 1.807) is 18.4 Å². The first-order chi connectivity index (χ1) is 19.1. The standard InChI is InChI=1S/C31H31BrN4O3S/c1-7-39-30(38)27-19(3)33-31-36(28(27)21-8-12-24(13-9-21)34(5)6)29(37)26(40-31)17-22-16-18(2)35(20(22)4)25-14-10-23(32)11-15-25/h8-17,28H,7H2,1-6H3/t28-/m1/s1. The Hall–Kier alpha value is -3.69. The van der Waals surface area contributed by atoms with Crippen LogP contribution in [0, 0.1) is 13.8 Å². The predicted molar refractivity (Wildman–Crippen MR) is 164 cm³/mol. The van der Waals surface area contributed by atoms with Crippen LogP contribution < -0.4 is 19.8 Å². The van der Waals surface area contributed by atoms with Crippen LogP contribution in [0.25, 0.3) is 11.8 Å². The lowest BCUT2D eigenvalue weighted by molar-refractivity contribution is -0.139. The molecule has 1 aliphatic rings. The topological polar surface area (TPSA) is 68.8 Å². The number of carbonyl (C=O) groups excluding carboxylic acids is 1.